The average molecular weight is 1100 g/mol. The predicted molar refractivity (Wildman–Crippen MR) is 281 cm³/mol. The van der Waals surface area contributed by atoms with Gasteiger partial charge in [0, 0.05) is 76.6 Å². The Morgan fingerprint density at radius 2 is 1.63 bits per heavy atom. The molecule has 4 aliphatic rings. The maximum atomic E-state index is 14.7. The molecule has 5 unspecified atom stereocenters. The maximum Gasteiger partial charge on any atom is 0.311 e. The number of benzene rings is 1. The SMILES string of the molecule is CC[C@H]1OC(=O)[C@H](C)[C@@H](O[C@H]2CC(C)(OC)[C@@H](O)[C@H](C)O2)[C@H](C)[C@@H](O[C@@H]2O[C@H](C)C[C@H](N(C)CCC(=O)NC(CF)Cc3ccc(S(C)(=O)=O)cc3)[C@H]2O)C(C)(OC)C[C@@H](C)/C(=N\OC2CCNC2)[C@H](C)[C@@H](O)C1(C)O. The quantitative estimate of drug-likeness (QED) is 0.0908. The number of carbonyl (C=O) groups is 2. The van der Waals surface area contributed by atoms with Crippen LogP contribution in [0.2, 0.25) is 0 Å². The fraction of sp³-hybridized carbons (Fsp3) is 0.833. The van der Waals surface area contributed by atoms with E-state index in [1.54, 1.807) is 53.8 Å². The molecule has 1 amide bonds. The Bertz CT molecular complexity index is 2170. The van der Waals surface area contributed by atoms with E-state index in [4.69, 9.17) is 43.2 Å². The van der Waals surface area contributed by atoms with Crippen molar-refractivity contribution in [3.05, 3.63) is 29.8 Å². The Kier molecular flexibility index (Phi) is 22.7. The van der Waals surface area contributed by atoms with Gasteiger partial charge in [0.15, 0.2) is 22.4 Å². The lowest BCUT2D eigenvalue weighted by Crippen LogP contribution is -2.61. The van der Waals surface area contributed by atoms with Crippen molar-refractivity contribution in [2.45, 2.75) is 215 Å². The second-order valence-electron chi connectivity index (χ2n) is 22.8. The molecule has 4 saturated heterocycles. The smallest absolute Gasteiger partial charge is 0.311 e. The number of alkyl halides is 1. The van der Waals surface area contributed by atoms with Crippen LogP contribution in [0, 0.1) is 23.7 Å². The number of hydrogen-bond acceptors (Lipinski definition) is 19. The molecule has 0 spiro atoms. The minimum absolute atomic E-state index is 0.0381. The zero-order chi connectivity index (χ0) is 56.7. The topological polar surface area (TPSA) is 263 Å². The normalized spacial score (nSPS) is 40.3. The van der Waals surface area contributed by atoms with Gasteiger partial charge in [-0.15, -0.1) is 0 Å². The number of amides is 1. The monoisotopic (exact) mass is 1100 g/mol. The molecule has 5 rings (SSSR count). The van der Waals surface area contributed by atoms with Crippen LogP contribution in [0.25, 0.3) is 0 Å². The summed E-state index contributed by atoms with van der Waals surface area (Å²) in [6, 6.07) is 4.63. The molecule has 22 heteroatoms. The number of methoxy groups -OCH3 is 2. The number of esters is 1. The van der Waals surface area contributed by atoms with E-state index in [9.17, 15) is 42.8 Å². The van der Waals surface area contributed by atoms with E-state index in [1.807, 2.05) is 32.6 Å². The number of likely N-dealkylation sites (N-methyl/N-ethyl adjacent to an activating group) is 1. The summed E-state index contributed by atoms with van der Waals surface area (Å²) in [4.78, 5) is 36.1. The van der Waals surface area contributed by atoms with Crippen molar-refractivity contribution < 1.29 is 80.8 Å². The van der Waals surface area contributed by atoms with Crippen molar-refractivity contribution in [3.63, 3.8) is 0 Å². The van der Waals surface area contributed by atoms with Gasteiger partial charge in [0.25, 0.3) is 0 Å². The molecular formula is C54H91FN4O16S. The van der Waals surface area contributed by atoms with Gasteiger partial charge in [0.2, 0.25) is 5.91 Å². The molecule has 0 aliphatic carbocycles. The number of halogens is 1. The van der Waals surface area contributed by atoms with Gasteiger partial charge in [-0.05, 0) is 98.5 Å². The first-order chi connectivity index (χ1) is 35.5. The number of ether oxygens (including phenoxy) is 7. The van der Waals surface area contributed by atoms with Crippen molar-refractivity contribution >= 4 is 27.4 Å². The molecule has 20 nitrogen and oxygen atoms in total. The van der Waals surface area contributed by atoms with Crippen LogP contribution in [-0.4, -0.2) is 202 Å². The Hall–Kier alpha value is -2.97. The lowest BCUT2D eigenvalue weighted by Gasteiger charge is -2.50. The van der Waals surface area contributed by atoms with Gasteiger partial charge in [-0.2, -0.15) is 0 Å². The number of rotatable bonds is 18. The maximum absolute atomic E-state index is 14.7. The Labute approximate surface area is 450 Å². The van der Waals surface area contributed by atoms with Gasteiger partial charge in [-0.3, -0.25) is 9.59 Å². The highest BCUT2D eigenvalue weighted by Gasteiger charge is 2.54. The molecule has 4 heterocycles. The van der Waals surface area contributed by atoms with Crippen molar-refractivity contribution in [2.24, 2.45) is 28.8 Å². The van der Waals surface area contributed by atoms with Crippen LogP contribution in [0.1, 0.15) is 113 Å². The third-order valence-corrected chi connectivity index (χ3v) is 17.7. The van der Waals surface area contributed by atoms with E-state index in [0.717, 1.165) is 12.8 Å². The number of hydrogen-bond donors (Lipinski definition) is 6. The van der Waals surface area contributed by atoms with Gasteiger partial charge in [-0.1, -0.05) is 45.0 Å². The van der Waals surface area contributed by atoms with Gasteiger partial charge in [0.1, 0.15) is 36.7 Å². The van der Waals surface area contributed by atoms with Gasteiger partial charge < -0.3 is 74.0 Å². The summed E-state index contributed by atoms with van der Waals surface area (Å²) in [7, 11) is 1.37. The minimum Gasteiger partial charge on any atom is -0.459 e. The molecule has 0 bridgehead atoms. The zero-order valence-corrected chi connectivity index (χ0v) is 48.1. The molecule has 4 fully saturated rings. The van der Waals surface area contributed by atoms with E-state index in [1.165, 1.54) is 33.3 Å². The lowest BCUT2D eigenvalue weighted by atomic mass is 9.73. The molecule has 0 radical (unpaired) electrons. The van der Waals surface area contributed by atoms with Gasteiger partial charge >= 0.3 is 5.97 Å². The first-order valence-electron chi connectivity index (χ1n) is 27.0. The molecule has 1 aromatic carbocycles. The van der Waals surface area contributed by atoms with Crippen LogP contribution >= 0.6 is 0 Å². The fourth-order valence-corrected chi connectivity index (χ4v) is 12.2. The number of aliphatic hydroxyl groups excluding tert-OH is 3. The van der Waals surface area contributed by atoms with Crippen LogP contribution in [0.4, 0.5) is 4.39 Å². The largest absolute Gasteiger partial charge is 0.459 e. The third-order valence-electron chi connectivity index (χ3n) is 16.6. The zero-order valence-electron chi connectivity index (χ0n) is 47.3. The fourth-order valence-electron chi connectivity index (χ4n) is 11.6. The molecule has 1 aromatic rings. The number of cyclic esters (lactones) is 1. The summed E-state index contributed by atoms with van der Waals surface area (Å²) in [5.41, 5.74) is -3.31. The van der Waals surface area contributed by atoms with Crippen molar-refractivity contribution in [3.8, 4) is 0 Å². The second kappa shape index (κ2) is 27.0. The third kappa shape index (κ3) is 15.5. The number of oxime groups is 1. The summed E-state index contributed by atoms with van der Waals surface area (Å²) >= 11 is 0. The number of nitrogens with zero attached hydrogens (tertiary/aromatic N) is 2. The summed E-state index contributed by atoms with van der Waals surface area (Å²) < 4.78 is 83.4. The van der Waals surface area contributed by atoms with Crippen LogP contribution in [-0.2, 0) is 63.8 Å². The van der Waals surface area contributed by atoms with E-state index >= 15 is 0 Å². The van der Waals surface area contributed by atoms with Gasteiger partial charge in [-0.25, -0.2) is 12.8 Å². The van der Waals surface area contributed by atoms with Crippen LogP contribution in [0.15, 0.2) is 34.3 Å². The van der Waals surface area contributed by atoms with E-state index in [2.05, 4.69) is 10.6 Å². The van der Waals surface area contributed by atoms with Crippen LogP contribution in [0.3, 0.4) is 0 Å². The van der Waals surface area contributed by atoms with Gasteiger partial charge in [0.05, 0.1) is 64.3 Å². The van der Waals surface area contributed by atoms with Crippen molar-refractivity contribution in [2.75, 3.05) is 53.8 Å². The highest BCUT2D eigenvalue weighted by atomic mass is 32.2. The molecule has 20 atom stereocenters. The van der Waals surface area contributed by atoms with Crippen LogP contribution < -0.4 is 10.6 Å². The second-order valence-corrected chi connectivity index (χ2v) is 24.8. The Morgan fingerprint density at radius 3 is 2.21 bits per heavy atom. The molecule has 4 aliphatic heterocycles. The van der Waals surface area contributed by atoms with Crippen LogP contribution in [0.5, 0.6) is 0 Å². The minimum atomic E-state index is -3.41. The molecular weight excluding hydrogens is 1010 g/mol. The number of sulfone groups is 1. The molecule has 6 N–H and O–H groups in total. The van der Waals surface area contributed by atoms with E-state index < -0.39 is 142 Å². The summed E-state index contributed by atoms with van der Waals surface area (Å²) in [5, 5.41) is 58.6. The average Bonchev–Trinajstić information content (AvgIpc) is 3.90. The molecule has 0 saturated carbocycles. The molecule has 76 heavy (non-hydrogen) atoms. The van der Waals surface area contributed by atoms with E-state index in [0.29, 0.717) is 30.7 Å². The highest BCUT2D eigenvalue weighted by Crippen LogP contribution is 2.42. The van der Waals surface area contributed by atoms with E-state index in [-0.39, 0.29) is 49.6 Å². The number of aliphatic hydroxyl groups is 4. The summed E-state index contributed by atoms with van der Waals surface area (Å²) in [6.07, 6.45) is -8.32. The molecule has 436 valence electrons. The summed E-state index contributed by atoms with van der Waals surface area (Å²) in [6.45, 7) is 18.1. The summed E-state index contributed by atoms with van der Waals surface area (Å²) in [5.74, 6) is -4.42. The van der Waals surface area contributed by atoms with Crippen molar-refractivity contribution in [1.82, 2.24) is 15.5 Å². The lowest BCUT2D eigenvalue weighted by molar-refractivity contribution is -0.319. The highest BCUT2D eigenvalue weighted by molar-refractivity contribution is 7.90. The Morgan fingerprint density at radius 1 is 0.974 bits per heavy atom. The Balaban J connectivity index is 1.50. The van der Waals surface area contributed by atoms with Crippen molar-refractivity contribution in [1.29, 1.82) is 0 Å². The molecule has 0 aromatic heterocycles. The first kappa shape index (κ1) is 63.9. The standard InChI is InChI=1S/C54H91FN4O16S/c1-15-41-54(10,65)47(62)32(4)44(58-75-38-20-22-56-29-38)30(2)26-53(9,69-13)49(33(5)46(34(6)50(64)72-41)73-43-27-52(8,68-12)48(63)35(7)71-43)74-51-45(61)40(24-31(3)70-51)59(11)23-21-42(60)57-37(28-55)25-36-16-18-39(19-17-36)76(14,66)67/h16-19,30-35,37-38,40-41,43,45-49,51,56,61-63,65H,15,20-29H2,1-14H3,(H,57,60)/b58-44+/t30-,31-,32+,33+,34-,35+,37?,38?,40+,41-,43+,45-,46+,47-,48+,49-,51+,52?,53?,54?/m1/s1. The number of carbonyl (C=O) groups excluding carboxylic acids is 2. The predicted octanol–water partition coefficient (Wildman–Crippen LogP) is 3.47. The first-order valence-corrected chi connectivity index (χ1v) is 28.9. The number of nitrogens with one attached hydrogen (secondary N) is 2.